The van der Waals surface area contributed by atoms with Crippen LogP contribution in [-0.4, -0.2) is 10.9 Å². The Kier molecular flexibility index (Phi) is 2.35. The summed E-state index contributed by atoms with van der Waals surface area (Å²) in [5.41, 5.74) is -0.662. The molecule has 1 aromatic rings. The van der Waals surface area contributed by atoms with Crippen molar-refractivity contribution in [2.45, 2.75) is 13.3 Å². The van der Waals surface area contributed by atoms with Crippen LogP contribution in [-0.2, 0) is 4.79 Å². The molecular formula is C11H10FN3O. The highest BCUT2D eigenvalue weighted by Crippen LogP contribution is 2.52. The molecule has 0 saturated heterocycles. The van der Waals surface area contributed by atoms with Gasteiger partial charge in [0.25, 0.3) is 0 Å². The Morgan fingerprint density at radius 1 is 1.75 bits per heavy atom. The van der Waals surface area contributed by atoms with Gasteiger partial charge in [0, 0.05) is 6.07 Å². The van der Waals surface area contributed by atoms with E-state index in [1.165, 1.54) is 12.3 Å². The number of halogens is 1. The number of rotatable bonds is 2. The van der Waals surface area contributed by atoms with Crippen molar-refractivity contribution in [2.75, 3.05) is 5.32 Å². The van der Waals surface area contributed by atoms with Gasteiger partial charge in [0.1, 0.15) is 11.2 Å². The molecule has 1 aliphatic carbocycles. The Hall–Kier alpha value is -1.96. The van der Waals surface area contributed by atoms with Gasteiger partial charge in [-0.2, -0.15) is 5.26 Å². The molecule has 82 valence electrons. The predicted octanol–water partition coefficient (Wildman–Crippen LogP) is 1.71. The number of amides is 1. The lowest BCUT2D eigenvalue weighted by molar-refractivity contribution is -0.119. The number of carbonyl (C=O) groups is 1. The molecule has 0 bridgehead atoms. The number of nitrogens with zero attached hydrogens (tertiary/aromatic N) is 2. The second kappa shape index (κ2) is 3.56. The first-order valence-corrected chi connectivity index (χ1v) is 4.92. The third-order valence-corrected chi connectivity index (χ3v) is 2.88. The van der Waals surface area contributed by atoms with Crippen molar-refractivity contribution in [1.29, 1.82) is 5.26 Å². The highest BCUT2D eigenvalue weighted by Gasteiger charge is 2.58. The average Bonchev–Trinajstić information content (AvgIpc) is 2.91. The van der Waals surface area contributed by atoms with E-state index in [2.05, 4.69) is 10.3 Å². The summed E-state index contributed by atoms with van der Waals surface area (Å²) in [7, 11) is 0. The second-order valence-corrected chi connectivity index (χ2v) is 4.03. The van der Waals surface area contributed by atoms with Gasteiger partial charge in [-0.15, -0.1) is 0 Å². The van der Waals surface area contributed by atoms with E-state index in [0.29, 0.717) is 6.42 Å². The normalized spacial score (nSPS) is 26.9. The van der Waals surface area contributed by atoms with Gasteiger partial charge in [-0.25, -0.2) is 4.39 Å². The number of hydrogen-bond donors (Lipinski definition) is 1. The van der Waals surface area contributed by atoms with Crippen LogP contribution in [0.5, 0.6) is 0 Å². The lowest BCUT2D eigenvalue weighted by Gasteiger charge is -2.08. The van der Waals surface area contributed by atoms with Gasteiger partial charge < -0.3 is 5.32 Å². The summed E-state index contributed by atoms with van der Waals surface area (Å²) in [6.45, 7) is 1.84. The Labute approximate surface area is 92.1 Å². The molecule has 1 fully saturated rings. The van der Waals surface area contributed by atoms with Crippen LogP contribution < -0.4 is 5.32 Å². The fraction of sp³-hybridized carbons (Fsp3) is 0.364. The summed E-state index contributed by atoms with van der Waals surface area (Å²) in [5.74, 6) is -0.846. The Morgan fingerprint density at radius 2 is 2.44 bits per heavy atom. The van der Waals surface area contributed by atoms with E-state index in [4.69, 9.17) is 5.26 Å². The van der Waals surface area contributed by atoms with Gasteiger partial charge in [-0.3, -0.25) is 9.78 Å². The SMILES string of the molecule is CC1CC1(C#N)C(=O)Nc1cncc(F)c1. The molecule has 0 aliphatic heterocycles. The molecule has 0 radical (unpaired) electrons. The van der Waals surface area contributed by atoms with Crippen molar-refractivity contribution in [3.8, 4) is 6.07 Å². The van der Waals surface area contributed by atoms with Gasteiger partial charge in [0.2, 0.25) is 5.91 Å². The van der Waals surface area contributed by atoms with Crippen molar-refractivity contribution < 1.29 is 9.18 Å². The number of nitrogens with one attached hydrogen (secondary N) is 1. The van der Waals surface area contributed by atoms with Crippen LogP contribution in [0.15, 0.2) is 18.5 Å². The minimum absolute atomic E-state index is 0.0546. The summed E-state index contributed by atoms with van der Waals surface area (Å²) in [5, 5.41) is 11.4. The minimum atomic E-state index is -0.938. The third-order valence-electron chi connectivity index (χ3n) is 2.88. The van der Waals surface area contributed by atoms with E-state index < -0.39 is 11.2 Å². The molecule has 0 aromatic carbocycles. The number of hydrogen-bond acceptors (Lipinski definition) is 3. The number of nitriles is 1. The van der Waals surface area contributed by atoms with Gasteiger partial charge in [0.15, 0.2) is 0 Å². The minimum Gasteiger partial charge on any atom is -0.323 e. The fourth-order valence-electron chi connectivity index (χ4n) is 1.67. The maximum Gasteiger partial charge on any atom is 0.245 e. The number of carbonyl (C=O) groups excluding carboxylic acids is 1. The molecule has 1 N–H and O–H groups in total. The third kappa shape index (κ3) is 1.63. The molecule has 16 heavy (non-hydrogen) atoms. The summed E-state index contributed by atoms with van der Waals surface area (Å²) >= 11 is 0. The molecule has 5 heteroatoms. The summed E-state index contributed by atoms with van der Waals surface area (Å²) in [6, 6.07) is 3.18. The smallest absolute Gasteiger partial charge is 0.245 e. The van der Waals surface area contributed by atoms with Crippen molar-refractivity contribution >= 4 is 11.6 Å². The molecule has 1 amide bonds. The zero-order valence-electron chi connectivity index (χ0n) is 8.70. The highest BCUT2D eigenvalue weighted by molar-refractivity contribution is 5.99. The standard InChI is InChI=1S/C11H10FN3O/c1-7-3-11(7,6-13)10(16)15-9-2-8(12)4-14-5-9/h2,4-5,7H,3H2,1H3,(H,15,16). The summed E-state index contributed by atoms with van der Waals surface area (Å²) in [4.78, 5) is 15.4. The van der Waals surface area contributed by atoms with E-state index in [0.717, 1.165) is 6.20 Å². The van der Waals surface area contributed by atoms with Gasteiger partial charge in [0.05, 0.1) is 24.2 Å². The van der Waals surface area contributed by atoms with Crippen molar-refractivity contribution in [3.63, 3.8) is 0 Å². The van der Waals surface area contributed by atoms with Gasteiger partial charge >= 0.3 is 0 Å². The average molecular weight is 219 g/mol. The molecule has 2 rings (SSSR count). The van der Waals surface area contributed by atoms with E-state index >= 15 is 0 Å². The van der Waals surface area contributed by atoms with Crippen LogP contribution in [0.4, 0.5) is 10.1 Å². The van der Waals surface area contributed by atoms with Crippen LogP contribution in [0.2, 0.25) is 0 Å². The molecule has 0 spiro atoms. The largest absolute Gasteiger partial charge is 0.323 e. The highest BCUT2D eigenvalue weighted by atomic mass is 19.1. The maximum atomic E-state index is 12.8. The zero-order valence-corrected chi connectivity index (χ0v) is 8.70. The molecule has 1 aromatic heterocycles. The second-order valence-electron chi connectivity index (χ2n) is 4.03. The maximum absolute atomic E-state index is 12.8. The zero-order chi connectivity index (χ0) is 11.8. The van der Waals surface area contributed by atoms with Crippen molar-refractivity contribution in [2.24, 2.45) is 11.3 Å². The van der Waals surface area contributed by atoms with Crippen LogP contribution in [0.1, 0.15) is 13.3 Å². The monoisotopic (exact) mass is 219 g/mol. The first kappa shape index (κ1) is 10.6. The van der Waals surface area contributed by atoms with Crippen LogP contribution in [0, 0.1) is 28.5 Å². The Morgan fingerprint density at radius 3 is 2.94 bits per heavy atom. The van der Waals surface area contributed by atoms with Gasteiger partial charge in [-0.05, 0) is 12.3 Å². The summed E-state index contributed by atoms with van der Waals surface area (Å²) < 4.78 is 12.8. The molecule has 1 saturated carbocycles. The Bertz CT molecular complexity index is 482. The van der Waals surface area contributed by atoms with E-state index in [9.17, 15) is 9.18 Å². The quantitative estimate of drug-likeness (QED) is 0.823. The number of anilines is 1. The molecule has 1 aliphatic rings. The Balaban J connectivity index is 2.12. The van der Waals surface area contributed by atoms with E-state index in [-0.39, 0.29) is 17.5 Å². The summed E-state index contributed by atoms with van der Waals surface area (Å²) in [6.07, 6.45) is 2.95. The van der Waals surface area contributed by atoms with Crippen molar-refractivity contribution in [1.82, 2.24) is 4.98 Å². The van der Waals surface area contributed by atoms with E-state index in [1.807, 2.05) is 13.0 Å². The topological polar surface area (TPSA) is 65.8 Å². The molecule has 1 heterocycles. The van der Waals surface area contributed by atoms with E-state index in [1.54, 1.807) is 0 Å². The van der Waals surface area contributed by atoms with Gasteiger partial charge in [-0.1, -0.05) is 6.92 Å². The molecular weight excluding hydrogens is 209 g/mol. The number of aromatic nitrogens is 1. The van der Waals surface area contributed by atoms with Crippen LogP contribution in [0.25, 0.3) is 0 Å². The lowest BCUT2D eigenvalue weighted by atomic mass is 10.1. The molecule has 4 nitrogen and oxygen atoms in total. The van der Waals surface area contributed by atoms with Crippen LogP contribution in [0.3, 0.4) is 0 Å². The first-order valence-electron chi connectivity index (χ1n) is 4.92. The first-order chi connectivity index (χ1) is 7.58. The molecule has 2 atom stereocenters. The van der Waals surface area contributed by atoms with Crippen molar-refractivity contribution in [3.05, 3.63) is 24.3 Å². The lowest BCUT2D eigenvalue weighted by Crippen LogP contribution is -2.24. The number of pyridine rings is 1. The molecule has 2 unspecified atom stereocenters. The predicted molar refractivity (Wildman–Crippen MR) is 54.7 cm³/mol. The fourth-order valence-corrected chi connectivity index (χ4v) is 1.67. The van der Waals surface area contributed by atoms with Crippen LogP contribution >= 0.6 is 0 Å².